The molecule has 1 aliphatic heterocycles. The number of amides is 1. The lowest BCUT2D eigenvalue weighted by atomic mass is 9.91. The van der Waals surface area contributed by atoms with Gasteiger partial charge in [0.1, 0.15) is 5.75 Å². The first kappa shape index (κ1) is 21.3. The van der Waals surface area contributed by atoms with Gasteiger partial charge in [-0.05, 0) is 42.2 Å². The summed E-state index contributed by atoms with van der Waals surface area (Å²) < 4.78 is 24.8. The van der Waals surface area contributed by atoms with Crippen LogP contribution in [0.25, 0.3) is 0 Å². The van der Waals surface area contributed by atoms with Gasteiger partial charge in [-0.2, -0.15) is 0 Å². The smallest absolute Gasteiger partial charge is 0.235 e. The van der Waals surface area contributed by atoms with Gasteiger partial charge in [-0.3, -0.25) is 9.69 Å². The van der Waals surface area contributed by atoms with E-state index >= 15 is 0 Å². The van der Waals surface area contributed by atoms with Crippen molar-refractivity contribution in [2.75, 3.05) is 18.8 Å². The molecule has 1 heterocycles. The van der Waals surface area contributed by atoms with Crippen LogP contribution in [0.1, 0.15) is 57.1 Å². The van der Waals surface area contributed by atoms with E-state index in [0.717, 1.165) is 38.0 Å². The highest BCUT2D eigenvalue weighted by molar-refractivity contribution is 7.92. The summed E-state index contributed by atoms with van der Waals surface area (Å²) in [5, 5.41) is 2.51. The largest absolute Gasteiger partial charge is 0.351 e. The highest BCUT2D eigenvalue weighted by Gasteiger charge is 2.30. The number of carbonyl (C=O) groups excluding carboxylic acids is 1. The van der Waals surface area contributed by atoms with E-state index in [9.17, 15) is 13.2 Å². The van der Waals surface area contributed by atoms with Gasteiger partial charge in [0.2, 0.25) is 5.91 Å². The van der Waals surface area contributed by atoms with E-state index < -0.39 is 9.84 Å². The summed E-state index contributed by atoms with van der Waals surface area (Å²) in [5.41, 5.74) is 2.28. The summed E-state index contributed by atoms with van der Waals surface area (Å²) in [6.45, 7) is 8.07. The molecule has 2 unspecified atom stereocenters. The number of nitrogens with zero attached hydrogens (tertiary/aromatic N) is 1. The number of rotatable bonds is 7. The van der Waals surface area contributed by atoms with Crippen LogP contribution in [-0.2, 0) is 27.7 Å². The Balaban J connectivity index is 1.56. The van der Waals surface area contributed by atoms with E-state index in [1.54, 1.807) is 0 Å². The van der Waals surface area contributed by atoms with Gasteiger partial charge in [0, 0.05) is 26.2 Å². The van der Waals surface area contributed by atoms with Gasteiger partial charge in [0.05, 0.1) is 5.25 Å². The third kappa shape index (κ3) is 5.80. The third-order valence-electron chi connectivity index (χ3n) is 6.08. The molecule has 2 fully saturated rings. The number of likely N-dealkylation sites (tertiary alicyclic amines) is 1. The van der Waals surface area contributed by atoms with Crippen LogP contribution in [0.3, 0.4) is 0 Å². The van der Waals surface area contributed by atoms with Crippen molar-refractivity contribution in [2.45, 2.75) is 64.3 Å². The minimum Gasteiger partial charge on any atom is -0.351 e. The second-order valence-electron chi connectivity index (χ2n) is 8.90. The maximum atomic E-state index is 12.4. The first-order valence-electron chi connectivity index (χ1n) is 10.6. The van der Waals surface area contributed by atoms with Gasteiger partial charge in [0.15, 0.2) is 9.84 Å². The molecule has 6 heteroatoms. The lowest BCUT2D eigenvalue weighted by Gasteiger charge is -2.35. The van der Waals surface area contributed by atoms with Crippen molar-refractivity contribution in [1.29, 1.82) is 0 Å². The number of sulfone groups is 1. The Labute approximate surface area is 169 Å². The number of piperidine rings is 1. The Kier molecular flexibility index (Phi) is 7.15. The number of hydrogen-bond acceptors (Lipinski definition) is 4. The van der Waals surface area contributed by atoms with E-state index in [1.165, 1.54) is 12.0 Å². The van der Waals surface area contributed by atoms with Crippen molar-refractivity contribution in [1.82, 2.24) is 10.2 Å². The minimum absolute atomic E-state index is 0.325. The van der Waals surface area contributed by atoms with Crippen LogP contribution < -0.4 is 5.32 Å². The van der Waals surface area contributed by atoms with E-state index in [4.69, 9.17) is 0 Å². The summed E-state index contributed by atoms with van der Waals surface area (Å²) in [6.07, 6.45) is 4.58. The summed E-state index contributed by atoms with van der Waals surface area (Å²) in [6, 6.07) is 8.14. The molecule has 1 amide bonds. The summed E-state index contributed by atoms with van der Waals surface area (Å²) >= 11 is 0. The molecular weight excluding hydrogens is 372 g/mol. The Morgan fingerprint density at radius 2 is 1.68 bits per heavy atom. The van der Waals surface area contributed by atoms with Gasteiger partial charge in [-0.1, -0.05) is 51.0 Å². The lowest BCUT2D eigenvalue weighted by Crippen LogP contribution is -2.38. The average Bonchev–Trinajstić information content (AvgIpc) is 3.15. The standard InChI is InChI=1S/C22H34N2O3S/c1-17-11-18(2)14-24(13-17)15-20-8-4-3-7-19(20)12-23-22(25)16-28(26,27)21-9-5-6-10-21/h3-4,7-8,17-18,21H,5-6,9-16H2,1-2H3,(H,23,25). The second-order valence-corrected chi connectivity index (χ2v) is 11.2. The Bertz CT molecular complexity index is 762. The monoisotopic (exact) mass is 406 g/mol. The van der Waals surface area contributed by atoms with E-state index in [0.29, 0.717) is 31.2 Å². The number of hydrogen-bond donors (Lipinski definition) is 1. The quantitative estimate of drug-likeness (QED) is 0.755. The van der Waals surface area contributed by atoms with Crippen LogP contribution in [0.4, 0.5) is 0 Å². The molecule has 0 bridgehead atoms. The molecule has 3 rings (SSSR count). The fourth-order valence-corrected chi connectivity index (χ4v) is 6.59. The molecule has 5 nitrogen and oxygen atoms in total. The fraction of sp³-hybridized carbons (Fsp3) is 0.682. The van der Waals surface area contributed by atoms with Crippen molar-refractivity contribution >= 4 is 15.7 Å². The molecule has 156 valence electrons. The summed E-state index contributed by atoms with van der Waals surface area (Å²) in [5.74, 6) is 0.635. The van der Waals surface area contributed by atoms with Gasteiger partial charge >= 0.3 is 0 Å². The number of carbonyl (C=O) groups is 1. The van der Waals surface area contributed by atoms with Crippen LogP contribution in [0.5, 0.6) is 0 Å². The van der Waals surface area contributed by atoms with Gasteiger partial charge in [0.25, 0.3) is 0 Å². The zero-order chi connectivity index (χ0) is 20.1. The maximum Gasteiger partial charge on any atom is 0.235 e. The molecule has 0 radical (unpaired) electrons. The van der Waals surface area contributed by atoms with E-state index in [-0.39, 0.29) is 16.9 Å². The lowest BCUT2D eigenvalue weighted by molar-refractivity contribution is -0.118. The van der Waals surface area contributed by atoms with Gasteiger partial charge in [-0.25, -0.2) is 8.42 Å². The molecule has 1 aromatic carbocycles. The molecule has 0 aromatic heterocycles. The molecule has 1 aliphatic carbocycles. The van der Waals surface area contributed by atoms with Crippen LogP contribution in [0.2, 0.25) is 0 Å². The molecule has 1 saturated heterocycles. The Morgan fingerprint density at radius 3 is 2.32 bits per heavy atom. The third-order valence-corrected chi connectivity index (χ3v) is 8.23. The van der Waals surface area contributed by atoms with Crippen molar-refractivity contribution in [3.63, 3.8) is 0 Å². The maximum absolute atomic E-state index is 12.4. The van der Waals surface area contributed by atoms with Crippen molar-refractivity contribution in [2.24, 2.45) is 11.8 Å². The topological polar surface area (TPSA) is 66.5 Å². The molecule has 28 heavy (non-hydrogen) atoms. The summed E-state index contributed by atoms with van der Waals surface area (Å²) in [4.78, 5) is 14.8. The summed E-state index contributed by atoms with van der Waals surface area (Å²) in [7, 11) is -3.33. The molecule has 0 spiro atoms. The van der Waals surface area contributed by atoms with Crippen molar-refractivity contribution in [3.8, 4) is 0 Å². The Morgan fingerprint density at radius 1 is 1.07 bits per heavy atom. The first-order chi connectivity index (χ1) is 13.3. The van der Waals surface area contributed by atoms with Crippen LogP contribution >= 0.6 is 0 Å². The highest BCUT2D eigenvalue weighted by Crippen LogP contribution is 2.25. The highest BCUT2D eigenvalue weighted by atomic mass is 32.2. The molecule has 2 atom stereocenters. The zero-order valence-corrected chi connectivity index (χ0v) is 18.0. The molecule has 1 aromatic rings. The molecule has 1 N–H and O–H groups in total. The SMILES string of the molecule is CC1CC(C)CN(Cc2ccccc2CNC(=O)CS(=O)(=O)C2CCCC2)C1. The number of benzene rings is 1. The molecule has 2 aliphatic rings. The van der Waals surface area contributed by atoms with Crippen molar-refractivity contribution < 1.29 is 13.2 Å². The van der Waals surface area contributed by atoms with E-state index in [2.05, 4.69) is 30.1 Å². The van der Waals surface area contributed by atoms with Crippen LogP contribution in [0.15, 0.2) is 24.3 Å². The van der Waals surface area contributed by atoms with Gasteiger partial charge in [-0.15, -0.1) is 0 Å². The number of nitrogens with one attached hydrogen (secondary N) is 1. The predicted molar refractivity (Wildman–Crippen MR) is 113 cm³/mol. The normalized spacial score (nSPS) is 24.4. The van der Waals surface area contributed by atoms with E-state index in [1.807, 2.05) is 18.2 Å². The molecule has 1 saturated carbocycles. The van der Waals surface area contributed by atoms with Crippen molar-refractivity contribution in [3.05, 3.63) is 35.4 Å². The zero-order valence-electron chi connectivity index (χ0n) is 17.2. The predicted octanol–water partition coefficient (Wildman–Crippen LogP) is 3.14. The fourth-order valence-electron chi connectivity index (χ4n) is 4.84. The minimum atomic E-state index is -3.33. The second kappa shape index (κ2) is 9.40. The Hall–Kier alpha value is -1.40. The molecular formula is C22H34N2O3S. The van der Waals surface area contributed by atoms with Gasteiger partial charge < -0.3 is 5.32 Å². The van der Waals surface area contributed by atoms with Crippen LogP contribution in [-0.4, -0.2) is 43.3 Å². The first-order valence-corrected chi connectivity index (χ1v) is 12.3. The average molecular weight is 407 g/mol. The van der Waals surface area contributed by atoms with Crippen LogP contribution in [0, 0.1) is 11.8 Å².